The second kappa shape index (κ2) is 19.0. The fourth-order valence-corrected chi connectivity index (χ4v) is 9.89. The first-order chi connectivity index (χ1) is 33.7. The molecular formula is C66H50N2. The second-order valence-electron chi connectivity index (χ2n) is 17.3. The van der Waals surface area contributed by atoms with Gasteiger partial charge in [0.15, 0.2) is 0 Å². The SMILES string of the molecule is C1=CC(c2ccc(N(c3ccccc3)c3ccc(-c4ccccc4)c(-c4ccccc4)c3)cc2)(N(c2ccccc2)c2ccc(-c3ccccc3)c(-c3ccccc3)c2)CC=C1c1ccccc1. The topological polar surface area (TPSA) is 6.48 Å². The summed E-state index contributed by atoms with van der Waals surface area (Å²) in [6.45, 7) is 0. The Morgan fingerprint density at radius 2 is 0.662 bits per heavy atom. The van der Waals surface area contributed by atoms with Crippen molar-refractivity contribution in [2.24, 2.45) is 0 Å². The standard InChI is InChI=1S/C66H50N2/c1-8-22-50(23-9-1)51-44-46-66(47-45-51,68(59-34-20-7-21-35-59)61-41-43-63(53-26-12-3-13-27-53)65(49-61)55-30-16-5-17-31-55)56-36-38-58(39-37-56)67(57-32-18-6-19-33-57)60-40-42-62(52-24-10-2-11-25-52)64(48-60)54-28-14-4-15-29-54/h1-46,48-49H,47H2. The van der Waals surface area contributed by atoms with Gasteiger partial charge in [-0.05, 0) is 128 Å². The zero-order valence-electron chi connectivity index (χ0n) is 37.8. The molecule has 0 amide bonds. The van der Waals surface area contributed by atoms with E-state index in [-0.39, 0.29) is 0 Å². The van der Waals surface area contributed by atoms with Gasteiger partial charge in [-0.1, -0.05) is 231 Å². The predicted octanol–water partition coefficient (Wildman–Crippen LogP) is 17.9. The van der Waals surface area contributed by atoms with Crippen molar-refractivity contribution in [2.75, 3.05) is 9.80 Å². The average molecular weight is 871 g/mol. The average Bonchev–Trinajstić information content (AvgIpc) is 3.43. The van der Waals surface area contributed by atoms with E-state index in [9.17, 15) is 0 Å². The molecule has 1 aliphatic carbocycles. The Balaban J connectivity index is 1.08. The molecule has 11 rings (SSSR count). The van der Waals surface area contributed by atoms with Crippen LogP contribution < -0.4 is 9.80 Å². The van der Waals surface area contributed by atoms with Crippen LogP contribution in [0.2, 0.25) is 0 Å². The quantitative estimate of drug-likeness (QED) is 0.121. The molecule has 0 spiro atoms. The third-order valence-corrected chi connectivity index (χ3v) is 13.2. The molecule has 1 unspecified atom stereocenters. The minimum Gasteiger partial charge on any atom is -0.327 e. The van der Waals surface area contributed by atoms with Crippen LogP contribution in [0.5, 0.6) is 0 Å². The summed E-state index contributed by atoms with van der Waals surface area (Å²) in [4.78, 5) is 4.94. The Hall–Kier alpha value is -8.72. The van der Waals surface area contributed by atoms with E-state index in [2.05, 4.69) is 301 Å². The zero-order valence-corrected chi connectivity index (χ0v) is 37.8. The molecule has 10 aromatic rings. The van der Waals surface area contributed by atoms with Crippen molar-refractivity contribution in [1.29, 1.82) is 0 Å². The highest BCUT2D eigenvalue weighted by molar-refractivity contribution is 5.90. The monoisotopic (exact) mass is 870 g/mol. The molecule has 0 saturated carbocycles. The highest BCUT2D eigenvalue weighted by Crippen LogP contribution is 2.49. The number of anilines is 5. The van der Waals surface area contributed by atoms with Crippen LogP contribution in [-0.4, -0.2) is 0 Å². The molecule has 0 N–H and O–H groups in total. The maximum atomic E-state index is 2.56. The number of allylic oxidation sites excluding steroid dienone is 2. The molecule has 0 heterocycles. The summed E-state index contributed by atoms with van der Waals surface area (Å²) < 4.78 is 0. The van der Waals surface area contributed by atoms with Gasteiger partial charge < -0.3 is 9.80 Å². The van der Waals surface area contributed by atoms with Gasteiger partial charge >= 0.3 is 0 Å². The van der Waals surface area contributed by atoms with E-state index in [1.807, 2.05) is 0 Å². The Kier molecular flexibility index (Phi) is 11.7. The Bertz CT molecular complexity index is 3310. The van der Waals surface area contributed by atoms with Gasteiger partial charge in [-0.3, -0.25) is 0 Å². The van der Waals surface area contributed by atoms with Gasteiger partial charge in [-0.25, -0.2) is 0 Å². The van der Waals surface area contributed by atoms with Crippen LogP contribution in [0, 0.1) is 0 Å². The molecule has 1 aliphatic rings. The van der Waals surface area contributed by atoms with Crippen molar-refractivity contribution in [3.05, 3.63) is 302 Å². The van der Waals surface area contributed by atoms with Crippen LogP contribution >= 0.6 is 0 Å². The number of hydrogen-bond donors (Lipinski definition) is 0. The van der Waals surface area contributed by atoms with Crippen LogP contribution in [0.3, 0.4) is 0 Å². The predicted molar refractivity (Wildman–Crippen MR) is 288 cm³/mol. The molecule has 2 nitrogen and oxygen atoms in total. The number of nitrogens with zero attached hydrogens (tertiary/aromatic N) is 2. The molecule has 1 atom stereocenters. The summed E-state index contributed by atoms with van der Waals surface area (Å²) in [5, 5.41) is 0. The third kappa shape index (κ3) is 8.36. The van der Waals surface area contributed by atoms with E-state index in [0.717, 1.165) is 34.9 Å². The fraction of sp³-hybridized carbons (Fsp3) is 0.0303. The van der Waals surface area contributed by atoms with Crippen molar-refractivity contribution in [1.82, 2.24) is 0 Å². The van der Waals surface area contributed by atoms with Crippen molar-refractivity contribution in [3.63, 3.8) is 0 Å². The maximum absolute atomic E-state index is 2.56. The van der Waals surface area contributed by atoms with Gasteiger partial charge in [0.2, 0.25) is 0 Å². The summed E-state index contributed by atoms with van der Waals surface area (Å²) >= 11 is 0. The summed E-state index contributed by atoms with van der Waals surface area (Å²) in [6, 6.07) is 98.5. The lowest BCUT2D eigenvalue weighted by Gasteiger charge is -2.45. The molecule has 0 saturated heterocycles. The van der Waals surface area contributed by atoms with E-state index in [1.54, 1.807) is 0 Å². The first kappa shape index (κ1) is 41.9. The zero-order chi connectivity index (χ0) is 45.5. The summed E-state index contributed by atoms with van der Waals surface area (Å²) in [5.74, 6) is 0. The van der Waals surface area contributed by atoms with E-state index in [1.165, 1.54) is 61.2 Å². The molecule has 324 valence electrons. The highest BCUT2D eigenvalue weighted by atomic mass is 15.2. The number of rotatable bonds is 12. The summed E-state index contributed by atoms with van der Waals surface area (Å²) in [5.41, 5.74) is 18.0. The van der Waals surface area contributed by atoms with E-state index in [0.29, 0.717) is 0 Å². The largest absolute Gasteiger partial charge is 0.327 e. The van der Waals surface area contributed by atoms with E-state index in [4.69, 9.17) is 0 Å². The minimum absolute atomic E-state index is 0.601. The van der Waals surface area contributed by atoms with Crippen molar-refractivity contribution in [2.45, 2.75) is 12.0 Å². The molecule has 0 aromatic heterocycles. The third-order valence-electron chi connectivity index (χ3n) is 13.2. The lowest BCUT2D eigenvalue weighted by molar-refractivity contribution is 0.548. The van der Waals surface area contributed by atoms with Crippen LogP contribution in [-0.2, 0) is 5.54 Å². The lowest BCUT2D eigenvalue weighted by Crippen LogP contribution is -2.42. The molecule has 0 radical (unpaired) electrons. The number of hydrogen-bond acceptors (Lipinski definition) is 2. The Morgan fingerprint density at radius 3 is 1.12 bits per heavy atom. The molecule has 68 heavy (non-hydrogen) atoms. The maximum Gasteiger partial charge on any atom is 0.0923 e. The van der Waals surface area contributed by atoms with Crippen LogP contribution in [0.25, 0.3) is 50.1 Å². The Labute approximate surface area is 400 Å². The van der Waals surface area contributed by atoms with Crippen LogP contribution in [0.4, 0.5) is 28.4 Å². The van der Waals surface area contributed by atoms with Gasteiger partial charge in [-0.15, -0.1) is 0 Å². The Morgan fingerprint density at radius 1 is 0.294 bits per heavy atom. The lowest BCUT2D eigenvalue weighted by atomic mass is 9.78. The molecule has 0 aliphatic heterocycles. The number of benzene rings is 10. The fourth-order valence-electron chi connectivity index (χ4n) is 9.89. The first-order valence-corrected chi connectivity index (χ1v) is 23.5. The molecule has 10 aromatic carbocycles. The van der Waals surface area contributed by atoms with Crippen LogP contribution in [0.1, 0.15) is 17.5 Å². The normalized spacial score (nSPS) is 14.2. The van der Waals surface area contributed by atoms with Gasteiger partial charge in [-0.2, -0.15) is 0 Å². The van der Waals surface area contributed by atoms with Gasteiger partial charge in [0.05, 0.1) is 5.54 Å². The number of para-hydroxylation sites is 2. The van der Waals surface area contributed by atoms with Crippen LogP contribution in [0.15, 0.2) is 291 Å². The van der Waals surface area contributed by atoms with E-state index < -0.39 is 5.54 Å². The van der Waals surface area contributed by atoms with Crippen molar-refractivity contribution in [3.8, 4) is 44.5 Å². The van der Waals surface area contributed by atoms with Gasteiger partial charge in [0.1, 0.15) is 0 Å². The van der Waals surface area contributed by atoms with Gasteiger partial charge in [0.25, 0.3) is 0 Å². The highest BCUT2D eigenvalue weighted by Gasteiger charge is 2.39. The summed E-state index contributed by atoms with van der Waals surface area (Å²) in [7, 11) is 0. The molecule has 0 bridgehead atoms. The van der Waals surface area contributed by atoms with Crippen molar-refractivity contribution >= 4 is 34.0 Å². The van der Waals surface area contributed by atoms with Gasteiger partial charge in [0, 0.05) is 28.4 Å². The molecular weight excluding hydrogens is 821 g/mol. The smallest absolute Gasteiger partial charge is 0.0923 e. The van der Waals surface area contributed by atoms with Crippen molar-refractivity contribution < 1.29 is 0 Å². The molecule has 0 fully saturated rings. The first-order valence-electron chi connectivity index (χ1n) is 23.5. The molecule has 2 heteroatoms. The minimum atomic E-state index is -0.601. The second-order valence-corrected chi connectivity index (χ2v) is 17.3. The summed E-state index contributed by atoms with van der Waals surface area (Å²) in [6.07, 6.45) is 7.93. The van der Waals surface area contributed by atoms with E-state index >= 15 is 0 Å².